The number of nitrogen functional groups attached to an aromatic ring is 1. The second-order valence-electron chi connectivity index (χ2n) is 8.94. The first kappa shape index (κ1) is 21.2. The Morgan fingerprint density at radius 1 is 1.19 bits per heavy atom. The van der Waals surface area contributed by atoms with Gasteiger partial charge in [0.1, 0.15) is 15.5 Å². The van der Waals surface area contributed by atoms with Crippen LogP contribution in [0.15, 0.2) is 30.3 Å². The zero-order chi connectivity index (χ0) is 22.5. The maximum Gasteiger partial charge on any atom is 0.270 e. The number of fused-ring (bicyclic) bond motifs is 3. The number of carbonyl (C=O) groups excluding carboxylic acids is 1. The number of hydrogen-bond donors (Lipinski definition) is 1. The number of aromatic nitrogens is 1. The van der Waals surface area contributed by atoms with Gasteiger partial charge in [0.25, 0.3) is 5.91 Å². The minimum absolute atomic E-state index is 0.121. The Morgan fingerprint density at radius 2 is 1.91 bits per heavy atom. The Hall–Kier alpha value is -2.68. The Labute approximate surface area is 191 Å². The van der Waals surface area contributed by atoms with E-state index in [-0.39, 0.29) is 11.5 Å². The predicted molar refractivity (Wildman–Crippen MR) is 129 cm³/mol. The molecule has 1 saturated heterocycles. The van der Waals surface area contributed by atoms with Crippen LogP contribution in [0.4, 0.5) is 17.2 Å². The molecule has 2 N–H and O–H groups in total. The predicted octanol–water partition coefficient (Wildman–Crippen LogP) is 3.84. The number of para-hydroxylation sites is 1. The summed E-state index contributed by atoms with van der Waals surface area (Å²) < 4.78 is 11.7. The number of carbonyl (C=O) groups is 1. The quantitative estimate of drug-likeness (QED) is 0.650. The van der Waals surface area contributed by atoms with Crippen molar-refractivity contribution >= 4 is 44.7 Å². The molecule has 2 aliphatic heterocycles. The van der Waals surface area contributed by atoms with Crippen LogP contribution in [0.1, 0.15) is 34.6 Å². The highest BCUT2D eigenvalue weighted by Gasteiger charge is 2.34. The van der Waals surface area contributed by atoms with Gasteiger partial charge >= 0.3 is 0 Å². The summed E-state index contributed by atoms with van der Waals surface area (Å²) in [4.78, 5) is 23.7. The molecule has 0 bridgehead atoms. The van der Waals surface area contributed by atoms with E-state index in [9.17, 15) is 4.79 Å². The van der Waals surface area contributed by atoms with Crippen LogP contribution in [0.2, 0.25) is 0 Å². The molecule has 5 rings (SSSR count). The molecule has 32 heavy (non-hydrogen) atoms. The summed E-state index contributed by atoms with van der Waals surface area (Å²) in [5, 5.41) is 0.906. The topological polar surface area (TPSA) is 80.9 Å². The van der Waals surface area contributed by atoms with Gasteiger partial charge in [0, 0.05) is 43.2 Å². The molecule has 1 aromatic carbocycles. The maximum absolute atomic E-state index is 13.4. The number of ether oxygens (including phenoxy) is 2. The summed E-state index contributed by atoms with van der Waals surface area (Å²) in [6, 6.07) is 9.60. The summed E-state index contributed by atoms with van der Waals surface area (Å²) in [6.45, 7) is 7.61. The van der Waals surface area contributed by atoms with Gasteiger partial charge in [0.05, 0.1) is 31.1 Å². The van der Waals surface area contributed by atoms with E-state index in [2.05, 4.69) is 18.7 Å². The number of amides is 1. The highest BCUT2D eigenvalue weighted by atomic mass is 32.1. The highest BCUT2D eigenvalue weighted by Crippen LogP contribution is 2.44. The SMILES string of the molecule is CN(C(=O)c1sc2nc(N3CCOCC3)c3c(c2c1N)CC(C)(C)OC3)c1ccccc1. The van der Waals surface area contributed by atoms with Gasteiger partial charge in [-0.2, -0.15) is 0 Å². The van der Waals surface area contributed by atoms with Gasteiger partial charge in [0.15, 0.2) is 0 Å². The smallest absolute Gasteiger partial charge is 0.270 e. The van der Waals surface area contributed by atoms with E-state index in [1.165, 1.54) is 11.3 Å². The van der Waals surface area contributed by atoms with E-state index < -0.39 is 0 Å². The first-order valence-electron chi connectivity index (χ1n) is 10.9. The van der Waals surface area contributed by atoms with Gasteiger partial charge in [-0.3, -0.25) is 4.79 Å². The third-order valence-corrected chi connectivity index (χ3v) is 7.32. The van der Waals surface area contributed by atoms with Crippen LogP contribution in [0.5, 0.6) is 0 Å². The average Bonchev–Trinajstić information content (AvgIpc) is 3.14. The fourth-order valence-electron chi connectivity index (χ4n) is 4.46. The molecule has 0 radical (unpaired) electrons. The number of hydrogen-bond acceptors (Lipinski definition) is 7. The lowest BCUT2D eigenvalue weighted by Crippen LogP contribution is -2.39. The molecular formula is C24H28N4O3S. The number of thiophene rings is 1. The molecule has 0 spiro atoms. The average molecular weight is 453 g/mol. The van der Waals surface area contributed by atoms with Crippen molar-refractivity contribution in [3.05, 3.63) is 46.3 Å². The van der Waals surface area contributed by atoms with Crippen LogP contribution < -0.4 is 15.5 Å². The van der Waals surface area contributed by atoms with E-state index in [0.717, 1.165) is 52.4 Å². The van der Waals surface area contributed by atoms with Crippen molar-refractivity contribution in [3.8, 4) is 0 Å². The molecule has 168 valence electrons. The van der Waals surface area contributed by atoms with Crippen LogP contribution in [0.25, 0.3) is 10.2 Å². The zero-order valence-electron chi connectivity index (χ0n) is 18.7. The third-order valence-electron chi connectivity index (χ3n) is 6.23. The fraction of sp³-hybridized carbons (Fsp3) is 0.417. The molecule has 3 aromatic rings. The lowest BCUT2D eigenvalue weighted by molar-refractivity contribution is -0.0396. The standard InChI is InChI=1S/C24H28N4O3S/c1-24(2)13-16-17(14-31-24)21(28-9-11-30-12-10-28)26-22-18(16)19(25)20(32-22)23(29)27(3)15-7-5-4-6-8-15/h4-8H,9-14,25H2,1-3H3. The molecule has 0 aliphatic carbocycles. The van der Waals surface area contributed by atoms with Gasteiger partial charge in [-0.1, -0.05) is 18.2 Å². The van der Waals surface area contributed by atoms with Crippen LogP contribution in [-0.4, -0.2) is 49.8 Å². The highest BCUT2D eigenvalue weighted by molar-refractivity contribution is 7.21. The van der Waals surface area contributed by atoms with Crippen molar-refractivity contribution in [1.82, 2.24) is 4.98 Å². The van der Waals surface area contributed by atoms with Crippen molar-refractivity contribution in [3.63, 3.8) is 0 Å². The molecule has 0 atom stereocenters. The second-order valence-corrected chi connectivity index (χ2v) is 9.94. The summed E-state index contributed by atoms with van der Waals surface area (Å²) >= 11 is 1.38. The van der Waals surface area contributed by atoms with Crippen molar-refractivity contribution in [2.45, 2.75) is 32.5 Å². The number of morpholine rings is 1. The minimum atomic E-state index is -0.303. The van der Waals surface area contributed by atoms with Gasteiger partial charge in [-0.05, 0) is 31.5 Å². The third kappa shape index (κ3) is 3.62. The Morgan fingerprint density at radius 3 is 2.62 bits per heavy atom. The van der Waals surface area contributed by atoms with E-state index in [4.69, 9.17) is 20.2 Å². The molecule has 1 amide bonds. The molecule has 1 fully saturated rings. The fourth-order valence-corrected chi connectivity index (χ4v) is 5.56. The maximum atomic E-state index is 13.4. The molecule has 2 aliphatic rings. The lowest BCUT2D eigenvalue weighted by atomic mass is 9.89. The van der Waals surface area contributed by atoms with E-state index in [0.29, 0.717) is 30.4 Å². The monoisotopic (exact) mass is 452 g/mol. The first-order valence-corrected chi connectivity index (χ1v) is 11.7. The second kappa shape index (κ2) is 8.03. The van der Waals surface area contributed by atoms with Crippen LogP contribution in [-0.2, 0) is 22.5 Å². The Balaban J connectivity index is 1.65. The van der Waals surface area contributed by atoms with Crippen LogP contribution in [0.3, 0.4) is 0 Å². The molecular weight excluding hydrogens is 424 g/mol. The van der Waals surface area contributed by atoms with Crippen LogP contribution >= 0.6 is 11.3 Å². The largest absolute Gasteiger partial charge is 0.397 e. The van der Waals surface area contributed by atoms with E-state index in [1.54, 1.807) is 11.9 Å². The molecule has 2 aromatic heterocycles. The van der Waals surface area contributed by atoms with E-state index >= 15 is 0 Å². The normalized spacial score (nSPS) is 17.9. The minimum Gasteiger partial charge on any atom is -0.397 e. The number of nitrogens with zero attached hydrogens (tertiary/aromatic N) is 3. The van der Waals surface area contributed by atoms with Crippen molar-refractivity contribution in [1.29, 1.82) is 0 Å². The van der Waals surface area contributed by atoms with E-state index in [1.807, 2.05) is 30.3 Å². The van der Waals surface area contributed by atoms with Gasteiger partial charge in [-0.15, -0.1) is 11.3 Å². The number of pyridine rings is 1. The number of anilines is 3. The van der Waals surface area contributed by atoms with Crippen LogP contribution in [0, 0.1) is 0 Å². The Kier molecular flexibility index (Phi) is 5.31. The number of nitrogens with two attached hydrogens (primary N) is 1. The van der Waals surface area contributed by atoms with Gasteiger partial charge in [-0.25, -0.2) is 4.98 Å². The summed E-state index contributed by atoms with van der Waals surface area (Å²) in [7, 11) is 1.78. The number of benzene rings is 1. The molecule has 4 heterocycles. The molecule has 7 nitrogen and oxygen atoms in total. The number of rotatable bonds is 3. The lowest BCUT2D eigenvalue weighted by Gasteiger charge is -2.36. The van der Waals surface area contributed by atoms with Crippen molar-refractivity contribution < 1.29 is 14.3 Å². The van der Waals surface area contributed by atoms with Crippen molar-refractivity contribution in [2.24, 2.45) is 0 Å². The molecule has 8 heteroatoms. The van der Waals surface area contributed by atoms with Crippen molar-refractivity contribution in [2.75, 3.05) is 48.9 Å². The summed E-state index contributed by atoms with van der Waals surface area (Å²) in [5.41, 5.74) is 9.93. The summed E-state index contributed by atoms with van der Waals surface area (Å²) in [6.07, 6.45) is 0.724. The molecule has 0 saturated carbocycles. The zero-order valence-corrected chi connectivity index (χ0v) is 19.5. The van der Waals surface area contributed by atoms with Gasteiger partial charge in [0.2, 0.25) is 0 Å². The first-order chi connectivity index (χ1) is 15.4. The Bertz CT molecular complexity index is 1170. The summed E-state index contributed by atoms with van der Waals surface area (Å²) in [5.74, 6) is 0.813. The van der Waals surface area contributed by atoms with Gasteiger partial charge < -0.3 is 25.0 Å². The molecule has 0 unspecified atom stereocenters.